The van der Waals surface area contributed by atoms with Crippen molar-refractivity contribution >= 4 is 28.7 Å². The fourth-order valence-corrected chi connectivity index (χ4v) is 3.80. The van der Waals surface area contributed by atoms with E-state index in [-0.39, 0.29) is 24.6 Å². The Balaban J connectivity index is 1.56. The summed E-state index contributed by atoms with van der Waals surface area (Å²) in [5.41, 5.74) is 4.28. The van der Waals surface area contributed by atoms with Crippen molar-refractivity contribution in [3.63, 3.8) is 0 Å². The quantitative estimate of drug-likeness (QED) is 0.583. The molecule has 0 saturated carbocycles. The van der Waals surface area contributed by atoms with Crippen LogP contribution in [0.3, 0.4) is 0 Å². The van der Waals surface area contributed by atoms with Crippen molar-refractivity contribution in [2.45, 2.75) is 25.9 Å². The molecule has 0 spiro atoms. The van der Waals surface area contributed by atoms with Crippen LogP contribution in [-0.4, -0.2) is 48.3 Å². The number of H-pyrrole nitrogens is 1. The van der Waals surface area contributed by atoms with Crippen molar-refractivity contribution in [2.24, 2.45) is 0 Å². The number of rotatable bonds is 6. The van der Waals surface area contributed by atoms with Crippen molar-refractivity contribution in [3.05, 3.63) is 58.9 Å². The molecule has 1 aliphatic rings. The predicted octanol–water partition coefficient (Wildman–Crippen LogP) is 3.32. The number of methoxy groups -OCH3 is 1. The number of ether oxygens (including phenoxy) is 2. The number of carbonyl (C=O) groups excluding carboxylic acids is 2. The highest BCUT2D eigenvalue weighted by molar-refractivity contribution is 5.97. The number of nitrogens with zero attached hydrogens (tertiary/aromatic N) is 2. The number of aryl methyl sites for hydroxylation is 1. The molecule has 8 heteroatoms. The van der Waals surface area contributed by atoms with E-state index in [0.717, 1.165) is 27.8 Å². The summed E-state index contributed by atoms with van der Waals surface area (Å²) < 4.78 is 10.4. The second kappa shape index (κ2) is 8.73. The summed E-state index contributed by atoms with van der Waals surface area (Å²) in [4.78, 5) is 34.4. The van der Waals surface area contributed by atoms with Crippen LogP contribution in [-0.2, 0) is 9.47 Å². The summed E-state index contributed by atoms with van der Waals surface area (Å²) in [6.07, 6.45) is 5.09. The highest BCUT2D eigenvalue weighted by Crippen LogP contribution is 2.27. The highest BCUT2D eigenvalue weighted by Gasteiger charge is 2.32. The number of benzene rings is 2. The number of nitrogens with one attached hydrogen (secondary N) is 2. The van der Waals surface area contributed by atoms with Crippen LogP contribution in [0.5, 0.6) is 0 Å². The number of terminal acetylenes is 1. The van der Waals surface area contributed by atoms with E-state index < -0.39 is 6.04 Å². The molecule has 4 rings (SSSR count). The molecule has 1 saturated heterocycles. The molecule has 2 aromatic carbocycles. The molecule has 2 atom stereocenters. The monoisotopic (exact) mass is 432 g/mol. The minimum atomic E-state index is -0.484. The maximum atomic E-state index is 13.0. The standard InChI is InChI=1S/C24H24N4O4/c1-5-16-6-8-18-19(11-16)26-22(25-18)20(13-31-4)27-23(29)17-7-9-21(14(2)10-17)28-15(3)12-32-24(28)30/h1,6-11,15,20H,12-13H2,2-4H3,(H,25,26)(H,27,29). The van der Waals surface area contributed by atoms with Crippen LogP contribution in [0, 0.1) is 19.3 Å². The summed E-state index contributed by atoms with van der Waals surface area (Å²) in [7, 11) is 1.56. The largest absolute Gasteiger partial charge is 0.447 e. The van der Waals surface area contributed by atoms with E-state index in [4.69, 9.17) is 15.9 Å². The first-order valence-electron chi connectivity index (χ1n) is 10.2. The van der Waals surface area contributed by atoms with Gasteiger partial charge in [-0.25, -0.2) is 9.78 Å². The van der Waals surface area contributed by atoms with Gasteiger partial charge in [0.05, 0.1) is 29.4 Å². The summed E-state index contributed by atoms with van der Waals surface area (Å²) >= 11 is 0. The fraction of sp³-hybridized carbons (Fsp3) is 0.292. The molecular formula is C24H24N4O4. The van der Waals surface area contributed by atoms with Gasteiger partial charge in [0.1, 0.15) is 18.5 Å². The minimum absolute atomic E-state index is 0.0602. The lowest BCUT2D eigenvalue weighted by molar-refractivity contribution is 0.0892. The van der Waals surface area contributed by atoms with E-state index in [9.17, 15) is 9.59 Å². The zero-order chi connectivity index (χ0) is 22.8. The van der Waals surface area contributed by atoms with E-state index >= 15 is 0 Å². The van der Waals surface area contributed by atoms with Gasteiger partial charge in [-0.05, 0) is 55.8 Å². The number of hydrogen-bond acceptors (Lipinski definition) is 5. The Morgan fingerprint density at radius 2 is 2.22 bits per heavy atom. The zero-order valence-electron chi connectivity index (χ0n) is 18.1. The number of fused-ring (bicyclic) bond motifs is 1. The lowest BCUT2D eigenvalue weighted by Gasteiger charge is -2.21. The van der Waals surface area contributed by atoms with E-state index in [2.05, 4.69) is 21.2 Å². The van der Waals surface area contributed by atoms with E-state index in [0.29, 0.717) is 18.0 Å². The van der Waals surface area contributed by atoms with E-state index in [1.165, 1.54) is 0 Å². The molecule has 32 heavy (non-hydrogen) atoms. The second-order valence-corrected chi connectivity index (χ2v) is 7.78. The first-order valence-corrected chi connectivity index (χ1v) is 10.2. The smallest absolute Gasteiger partial charge is 0.414 e. The number of aromatic nitrogens is 2. The Morgan fingerprint density at radius 3 is 2.88 bits per heavy atom. The predicted molar refractivity (Wildman–Crippen MR) is 121 cm³/mol. The molecule has 1 aromatic heterocycles. The fourth-order valence-electron chi connectivity index (χ4n) is 3.80. The lowest BCUT2D eigenvalue weighted by Crippen LogP contribution is -2.33. The maximum absolute atomic E-state index is 13.0. The normalized spacial score (nSPS) is 16.6. The van der Waals surface area contributed by atoms with Crippen molar-refractivity contribution in [2.75, 3.05) is 25.2 Å². The van der Waals surface area contributed by atoms with Gasteiger partial charge >= 0.3 is 6.09 Å². The average Bonchev–Trinajstić information content (AvgIpc) is 3.35. The van der Waals surface area contributed by atoms with Gasteiger partial charge in [0.2, 0.25) is 0 Å². The van der Waals surface area contributed by atoms with Gasteiger partial charge in [0, 0.05) is 18.2 Å². The van der Waals surface area contributed by atoms with Gasteiger partial charge in [0.25, 0.3) is 5.91 Å². The van der Waals surface area contributed by atoms with Gasteiger partial charge in [0.15, 0.2) is 0 Å². The Morgan fingerprint density at radius 1 is 1.41 bits per heavy atom. The summed E-state index contributed by atoms with van der Waals surface area (Å²) in [6.45, 7) is 4.36. The SMILES string of the molecule is C#Cc1ccc2nc(C(COC)NC(=O)c3ccc(N4C(=O)OCC4C)c(C)c3)[nH]c2c1. The Kier molecular flexibility index (Phi) is 5.84. The van der Waals surface area contributed by atoms with Gasteiger partial charge in [-0.2, -0.15) is 0 Å². The van der Waals surface area contributed by atoms with Gasteiger partial charge in [-0.1, -0.05) is 5.92 Å². The first kappa shape index (κ1) is 21.4. The number of cyclic esters (lactones) is 1. The summed E-state index contributed by atoms with van der Waals surface area (Å²) in [6, 6.07) is 10.2. The third-order valence-corrected chi connectivity index (χ3v) is 5.44. The number of anilines is 1. The number of amides is 2. The third-order valence-electron chi connectivity index (χ3n) is 5.44. The molecule has 2 amide bonds. The topological polar surface area (TPSA) is 96.6 Å². The van der Waals surface area contributed by atoms with Crippen LogP contribution in [0.25, 0.3) is 11.0 Å². The molecule has 0 aliphatic carbocycles. The highest BCUT2D eigenvalue weighted by atomic mass is 16.6. The molecule has 3 aromatic rings. The van der Waals surface area contributed by atoms with Crippen LogP contribution < -0.4 is 10.2 Å². The number of imidazole rings is 1. The molecule has 0 bridgehead atoms. The van der Waals surface area contributed by atoms with Crippen molar-refractivity contribution in [1.29, 1.82) is 0 Å². The molecular weight excluding hydrogens is 408 g/mol. The molecule has 164 valence electrons. The van der Waals surface area contributed by atoms with E-state index in [1.54, 1.807) is 30.2 Å². The van der Waals surface area contributed by atoms with E-state index in [1.807, 2.05) is 32.0 Å². The zero-order valence-corrected chi connectivity index (χ0v) is 18.1. The molecule has 2 unspecified atom stereocenters. The Labute approximate surface area is 185 Å². The summed E-state index contributed by atoms with van der Waals surface area (Å²) in [5, 5.41) is 2.97. The Hall–Kier alpha value is -3.83. The van der Waals surface area contributed by atoms with Crippen molar-refractivity contribution < 1.29 is 19.1 Å². The van der Waals surface area contributed by atoms with Crippen LogP contribution in [0.4, 0.5) is 10.5 Å². The van der Waals surface area contributed by atoms with Crippen LogP contribution in [0.15, 0.2) is 36.4 Å². The first-order chi connectivity index (χ1) is 15.4. The molecule has 1 aliphatic heterocycles. The number of aromatic amines is 1. The summed E-state index contributed by atoms with van der Waals surface area (Å²) in [5.74, 6) is 2.90. The minimum Gasteiger partial charge on any atom is -0.447 e. The van der Waals surface area contributed by atoms with Crippen LogP contribution in [0.2, 0.25) is 0 Å². The van der Waals surface area contributed by atoms with Crippen molar-refractivity contribution in [1.82, 2.24) is 15.3 Å². The maximum Gasteiger partial charge on any atom is 0.414 e. The average molecular weight is 432 g/mol. The van der Waals surface area contributed by atoms with Crippen LogP contribution >= 0.6 is 0 Å². The third kappa shape index (κ3) is 4.03. The lowest BCUT2D eigenvalue weighted by atomic mass is 10.1. The van der Waals surface area contributed by atoms with Crippen molar-refractivity contribution in [3.8, 4) is 12.3 Å². The number of carbonyl (C=O) groups is 2. The van der Waals surface area contributed by atoms with Gasteiger partial charge in [-0.3, -0.25) is 9.69 Å². The molecule has 1 fully saturated rings. The van der Waals surface area contributed by atoms with Gasteiger partial charge in [-0.15, -0.1) is 6.42 Å². The molecule has 2 N–H and O–H groups in total. The Bertz CT molecular complexity index is 1230. The van der Waals surface area contributed by atoms with Gasteiger partial charge < -0.3 is 19.8 Å². The second-order valence-electron chi connectivity index (χ2n) is 7.78. The molecule has 2 heterocycles. The molecule has 0 radical (unpaired) electrons. The molecule has 8 nitrogen and oxygen atoms in total. The van der Waals surface area contributed by atoms with Crippen LogP contribution in [0.1, 0.15) is 40.3 Å². The number of hydrogen-bond donors (Lipinski definition) is 2.